The molecule has 3 nitrogen and oxygen atoms in total. The smallest absolute Gasteiger partial charge is 0.326 e. The van der Waals surface area contributed by atoms with Gasteiger partial charge < -0.3 is 10.5 Å². The molecule has 0 spiro atoms. The Morgan fingerprint density at radius 3 is 2.60 bits per heavy atom. The van der Waals surface area contributed by atoms with Crippen molar-refractivity contribution < 1.29 is 9.53 Å². The second kappa shape index (κ2) is 3.83. The summed E-state index contributed by atoms with van der Waals surface area (Å²) in [6, 6.07) is 0. The van der Waals surface area contributed by atoms with Crippen LogP contribution in [0.4, 0.5) is 0 Å². The summed E-state index contributed by atoms with van der Waals surface area (Å²) in [6.45, 7) is 3.70. The third-order valence-corrected chi connectivity index (χ3v) is 1.73. The number of esters is 1. The molecule has 0 bridgehead atoms. The van der Waals surface area contributed by atoms with Gasteiger partial charge in [-0.25, -0.2) is 0 Å². The molecule has 0 aliphatic rings. The van der Waals surface area contributed by atoms with Crippen molar-refractivity contribution in [2.75, 3.05) is 12.4 Å². The maximum atomic E-state index is 10.9. The van der Waals surface area contributed by atoms with Crippen molar-refractivity contribution >= 4 is 18.6 Å². The van der Waals surface area contributed by atoms with E-state index in [1.807, 2.05) is 0 Å². The fraction of sp³-hybridized carbons (Fsp3) is 0.833. The molecule has 0 rings (SSSR count). The minimum absolute atomic E-state index is 0.297. The number of ether oxygens (including phenoxy) is 1. The van der Waals surface area contributed by atoms with Crippen LogP contribution in [0.25, 0.3) is 0 Å². The first kappa shape index (κ1) is 9.78. The van der Waals surface area contributed by atoms with E-state index in [2.05, 4.69) is 17.4 Å². The van der Waals surface area contributed by atoms with Gasteiger partial charge in [0.05, 0.1) is 6.61 Å². The Morgan fingerprint density at radius 1 is 1.80 bits per heavy atom. The molecule has 4 heteroatoms. The zero-order valence-corrected chi connectivity index (χ0v) is 7.15. The molecule has 0 aromatic carbocycles. The largest absolute Gasteiger partial charge is 0.465 e. The zero-order chi connectivity index (χ0) is 8.20. The van der Waals surface area contributed by atoms with E-state index in [-0.39, 0.29) is 0 Å². The van der Waals surface area contributed by atoms with E-state index < -0.39 is 11.5 Å². The molecular weight excluding hydrogens is 150 g/mol. The monoisotopic (exact) mass is 163 g/mol. The SMILES string of the molecule is CCOC(=O)[C@](C)(N)CS. The Labute approximate surface area is 66.3 Å². The predicted molar refractivity (Wildman–Crippen MR) is 43.1 cm³/mol. The summed E-state index contributed by atoms with van der Waals surface area (Å²) < 4.78 is 4.68. The lowest BCUT2D eigenvalue weighted by Crippen LogP contribution is -2.47. The average molecular weight is 163 g/mol. The third-order valence-electron chi connectivity index (χ3n) is 1.07. The first-order valence-electron chi connectivity index (χ1n) is 3.11. The summed E-state index contributed by atoms with van der Waals surface area (Å²) in [4.78, 5) is 10.9. The van der Waals surface area contributed by atoms with E-state index in [0.29, 0.717) is 12.4 Å². The van der Waals surface area contributed by atoms with Gasteiger partial charge >= 0.3 is 5.97 Å². The van der Waals surface area contributed by atoms with Crippen LogP contribution in [0.15, 0.2) is 0 Å². The van der Waals surface area contributed by atoms with Gasteiger partial charge in [0.1, 0.15) is 5.54 Å². The quantitative estimate of drug-likeness (QED) is 0.461. The van der Waals surface area contributed by atoms with Crippen molar-refractivity contribution in [1.29, 1.82) is 0 Å². The van der Waals surface area contributed by atoms with Gasteiger partial charge in [0, 0.05) is 5.75 Å². The van der Waals surface area contributed by atoms with E-state index >= 15 is 0 Å². The molecule has 0 aliphatic carbocycles. The van der Waals surface area contributed by atoms with Gasteiger partial charge in [-0.3, -0.25) is 4.79 Å². The van der Waals surface area contributed by atoms with Crippen LogP contribution in [0.2, 0.25) is 0 Å². The summed E-state index contributed by atoms with van der Waals surface area (Å²) in [6.07, 6.45) is 0. The van der Waals surface area contributed by atoms with E-state index in [0.717, 1.165) is 0 Å². The maximum absolute atomic E-state index is 10.9. The molecule has 0 saturated heterocycles. The van der Waals surface area contributed by atoms with Gasteiger partial charge in [-0.1, -0.05) is 0 Å². The average Bonchev–Trinajstić information content (AvgIpc) is 1.89. The molecule has 10 heavy (non-hydrogen) atoms. The standard InChI is InChI=1S/C6H13NO2S/c1-3-9-5(8)6(2,7)4-10/h10H,3-4,7H2,1-2H3/t6-/m1/s1. The van der Waals surface area contributed by atoms with Crippen molar-refractivity contribution in [1.82, 2.24) is 0 Å². The fourth-order valence-electron chi connectivity index (χ4n) is 0.361. The van der Waals surface area contributed by atoms with E-state index in [9.17, 15) is 4.79 Å². The van der Waals surface area contributed by atoms with Crippen molar-refractivity contribution in [3.8, 4) is 0 Å². The van der Waals surface area contributed by atoms with Gasteiger partial charge in [0.15, 0.2) is 0 Å². The molecule has 0 unspecified atom stereocenters. The second-order valence-electron chi connectivity index (χ2n) is 2.30. The molecule has 0 amide bonds. The first-order chi connectivity index (χ1) is 4.54. The van der Waals surface area contributed by atoms with E-state index in [1.54, 1.807) is 13.8 Å². The van der Waals surface area contributed by atoms with Crippen LogP contribution in [0.1, 0.15) is 13.8 Å². The summed E-state index contributed by atoms with van der Waals surface area (Å²) >= 11 is 3.91. The number of nitrogens with two attached hydrogens (primary N) is 1. The number of carbonyl (C=O) groups excluding carboxylic acids is 1. The Morgan fingerprint density at radius 2 is 2.30 bits per heavy atom. The van der Waals surface area contributed by atoms with Gasteiger partial charge in [0.2, 0.25) is 0 Å². The lowest BCUT2D eigenvalue weighted by atomic mass is 10.1. The summed E-state index contributed by atoms with van der Waals surface area (Å²) in [5.41, 5.74) is 4.55. The van der Waals surface area contributed by atoms with Crippen LogP contribution < -0.4 is 5.73 Å². The number of hydrogen-bond acceptors (Lipinski definition) is 4. The van der Waals surface area contributed by atoms with Gasteiger partial charge in [-0.2, -0.15) is 12.6 Å². The normalized spacial score (nSPS) is 16.0. The van der Waals surface area contributed by atoms with Crippen LogP contribution in [-0.4, -0.2) is 23.9 Å². The third kappa shape index (κ3) is 2.58. The lowest BCUT2D eigenvalue weighted by molar-refractivity contribution is -0.148. The molecule has 2 N–H and O–H groups in total. The molecule has 0 heterocycles. The Hall–Kier alpha value is -0.220. The molecule has 0 aromatic heterocycles. The predicted octanol–water partition coefficient (Wildman–Crippen LogP) is 0.197. The first-order valence-corrected chi connectivity index (χ1v) is 3.74. The van der Waals surface area contributed by atoms with Crippen molar-refractivity contribution in [3.05, 3.63) is 0 Å². The zero-order valence-electron chi connectivity index (χ0n) is 6.26. The highest BCUT2D eigenvalue weighted by Crippen LogP contribution is 2.03. The number of rotatable bonds is 3. The van der Waals surface area contributed by atoms with Crippen molar-refractivity contribution in [2.45, 2.75) is 19.4 Å². The molecular formula is C6H13NO2S. The Bertz CT molecular complexity index is 125. The Kier molecular flexibility index (Phi) is 3.75. The van der Waals surface area contributed by atoms with Gasteiger partial charge in [0.25, 0.3) is 0 Å². The highest BCUT2D eigenvalue weighted by Gasteiger charge is 2.27. The maximum Gasteiger partial charge on any atom is 0.326 e. The number of hydrogen-bond donors (Lipinski definition) is 2. The minimum atomic E-state index is -0.945. The van der Waals surface area contributed by atoms with Crippen LogP contribution in [-0.2, 0) is 9.53 Å². The highest BCUT2D eigenvalue weighted by molar-refractivity contribution is 7.80. The summed E-state index contributed by atoms with van der Waals surface area (Å²) in [5.74, 6) is -0.101. The molecule has 0 radical (unpaired) electrons. The number of thiol groups is 1. The molecule has 1 atom stereocenters. The number of carbonyl (C=O) groups is 1. The van der Waals surface area contributed by atoms with Crippen molar-refractivity contribution in [2.24, 2.45) is 5.73 Å². The minimum Gasteiger partial charge on any atom is -0.465 e. The lowest BCUT2D eigenvalue weighted by Gasteiger charge is -2.18. The van der Waals surface area contributed by atoms with Gasteiger partial charge in [-0.15, -0.1) is 0 Å². The molecule has 0 aromatic rings. The fourth-order valence-corrected chi connectivity index (χ4v) is 0.490. The van der Waals surface area contributed by atoms with E-state index in [1.165, 1.54) is 0 Å². The van der Waals surface area contributed by atoms with Gasteiger partial charge in [-0.05, 0) is 13.8 Å². The van der Waals surface area contributed by atoms with Crippen molar-refractivity contribution in [3.63, 3.8) is 0 Å². The van der Waals surface area contributed by atoms with Crippen LogP contribution in [0.3, 0.4) is 0 Å². The summed E-state index contributed by atoms with van der Waals surface area (Å²) in [7, 11) is 0. The highest BCUT2D eigenvalue weighted by atomic mass is 32.1. The van der Waals surface area contributed by atoms with Crippen LogP contribution >= 0.6 is 12.6 Å². The topological polar surface area (TPSA) is 52.3 Å². The van der Waals surface area contributed by atoms with E-state index in [4.69, 9.17) is 5.73 Å². The van der Waals surface area contributed by atoms with Crippen LogP contribution in [0.5, 0.6) is 0 Å². The Balaban J connectivity index is 3.91. The second-order valence-corrected chi connectivity index (χ2v) is 2.61. The summed E-state index contributed by atoms with van der Waals surface area (Å²) in [5, 5.41) is 0. The van der Waals surface area contributed by atoms with Crippen LogP contribution in [0, 0.1) is 0 Å². The molecule has 0 fully saturated rings. The molecule has 60 valence electrons. The molecule has 0 aliphatic heterocycles. The molecule has 0 saturated carbocycles.